The van der Waals surface area contributed by atoms with Gasteiger partial charge in [-0.2, -0.15) is 13.2 Å². The number of ether oxygens (including phenoxy) is 5. The van der Waals surface area contributed by atoms with Gasteiger partial charge in [0.2, 0.25) is 18.7 Å². The van der Waals surface area contributed by atoms with Crippen LogP contribution in [0.2, 0.25) is 0 Å². The van der Waals surface area contributed by atoms with E-state index in [1.54, 1.807) is 0 Å². The third kappa shape index (κ3) is 7.21. The first-order valence-corrected chi connectivity index (χ1v) is 7.94. The van der Waals surface area contributed by atoms with E-state index in [2.05, 4.69) is 0 Å². The maximum atomic E-state index is 12.7. The molecule has 1 amide bonds. The van der Waals surface area contributed by atoms with Crippen molar-refractivity contribution < 1.29 is 60.8 Å². The SMILES string of the molecule is CC(=O)O[C@@H]1O[C@H](OC(C)=O)[C@@H](OC(C)=O)[C@H](OC(C)=O)[C@H]1NC(=O)C(F)(F)F. The summed E-state index contributed by atoms with van der Waals surface area (Å²) >= 11 is 0. The van der Waals surface area contributed by atoms with Gasteiger partial charge in [-0.05, 0) is 0 Å². The van der Waals surface area contributed by atoms with Crippen LogP contribution in [-0.4, -0.2) is 66.8 Å². The van der Waals surface area contributed by atoms with E-state index in [1.165, 1.54) is 5.32 Å². The number of amides is 1. The van der Waals surface area contributed by atoms with Crippen LogP contribution < -0.4 is 5.32 Å². The monoisotopic (exact) mass is 429 g/mol. The minimum atomic E-state index is -5.36. The second kappa shape index (κ2) is 9.54. The van der Waals surface area contributed by atoms with Gasteiger partial charge in [0.15, 0.2) is 6.10 Å². The van der Waals surface area contributed by atoms with E-state index in [1.807, 2.05) is 0 Å². The van der Waals surface area contributed by atoms with Gasteiger partial charge in [0.05, 0.1) is 0 Å². The van der Waals surface area contributed by atoms with Crippen LogP contribution in [0.3, 0.4) is 0 Å². The van der Waals surface area contributed by atoms with Crippen molar-refractivity contribution in [3.63, 3.8) is 0 Å². The lowest BCUT2D eigenvalue weighted by Crippen LogP contribution is -2.67. The van der Waals surface area contributed by atoms with Crippen LogP contribution >= 0.6 is 0 Å². The smallest absolute Gasteiger partial charge is 0.456 e. The second-order valence-corrected chi connectivity index (χ2v) is 5.74. The minimum absolute atomic E-state index is 0.880. The van der Waals surface area contributed by atoms with Crippen molar-refractivity contribution >= 4 is 29.8 Å². The van der Waals surface area contributed by atoms with E-state index in [0.29, 0.717) is 0 Å². The summed E-state index contributed by atoms with van der Waals surface area (Å²) in [6.07, 6.45) is -12.8. The number of hydrogen-bond acceptors (Lipinski definition) is 10. The highest BCUT2D eigenvalue weighted by Gasteiger charge is 2.55. The molecule has 164 valence electrons. The molecule has 11 nitrogen and oxygen atoms in total. The van der Waals surface area contributed by atoms with Crippen LogP contribution in [0.25, 0.3) is 0 Å². The van der Waals surface area contributed by atoms with Gasteiger partial charge < -0.3 is 24.3 Å². The second-order valence-electron chi connectivity index (χ2n) is 5.74. The molecule has 0 saturated carbocycles. The fraction of sp³-hybridized carbons (Fsp3) is 0.667. The Bertz CT molecular complexity index is 680. The number of carbonyl (C=O) groups is 5. The zero-order valence-corrected chi connectivity index (χ0v) is 15.6. The molecule has 1 N–H and O–H groups in total. The van der Waals surface area contributed by atoms with Gasteiger partial charge in [-0.25, -0.2) is 0 Å². The van der Waals surface area contributed by atoms with Crippen LogP contribution in [0.1, 0.15) is 27.7 Å². The molecule has 29 heavy (non-hydrogen) atoms. The highest BCUT2D eigenvalue weighted by atomic mass is 19.4. The Morgan fingerprint density at radius 2 is 1.14 bits per heavy atom. The van der Waals surface area contributed by atoms with Crippen molar-refractivity contribution in [2.24, 2.45) is 0 Å². The van der Waals surface area contributed by atoms with Gasteiger partial charge in [0.25, 0.3) is 0 Å². The predicted octanol–water partition coefficient (Wildman–Crippen LogP) is -0.294. The molecule has 5 atom stereocenters. The maximum Gasteiger partial charge on any atom is 0.471 e. The third-order valence-electron chi connectivity index (χ3n) is 3.23. The summed E-state index contributed by atoms with van der Waals surface area (Å²) < 4.78 is 62.6. The van der Waals surface area contributed by atoms with Crippen LogP contribution in [-0.2, 0) is 47.7 Å². The molecule has 0 spiro atoms. The van der Waals surface area contributed by atoms with Crippen molar-refractivity contribution in [2.45, 2.75) is 64.7 Å². The Morgan fingerprint density at radius 1 is 0.724 bits per heavy atom. The largest absolute Gasteiger partial charge is 0.471 e. The first-order valence-electron chi connectivity index (χ1n) is 7.94. The highest BCUT2D eigenvalue weighted by molar-refractivity contribution is 5.82. The molecule has 0 radical (unpaired) electrons. The van der Waals surface area contributed by atoms with Crippen molar-refractivity contribution in [3.8, 4) is 0 Å². The lowest BCUT2D eigenvalue weighted by molar-refractivity contribution is -0.314. The molecule has 0 aromatic heterocycles. The van der Waals surface area contributed by atoms with Crippen LogP contribution in [0.15, 0.2) is 0 Å². The molecule has 1 aliphatic heterocycles. The van der Waals surface area contributed by atoms with Crippen molar-refractivity contribution in [1.29, 1.82) is 0 Å². The Labute approximate surface area is 161 Å². The lowest BCUT2D eigenvalue weighted by atomic mass is 10.00. The zero-order chi connectivity index (χ0) is 22.5. The number of carbonyl (C=O) groups excluding carboxylic acids is 5. The Morgan fingerprint density at radius 3 is 1.55 bits per heavy atom. The molecular formula is C15H18F3NO10. The zero-order valence-electron chi connectivity index (χ0n) is 15.6. The molecule has 0 aromatic rings. The van der Waals surface area contributed by atoms with E-state index in [-0.39, 0.29) is 0 Å². The number of alkyl halides is 3. The molecular weight excluding hydrogens is 411 g/mol. The van der Waals surface area contributed by atoms with Gasteiger partial charge in [-0.1, -0.05) is 0 Å². The fourth-order valence-electron chi connectivity index (χ4n) is 2.36. The molecule has 0 unspecified atom stereocenters. The normalized spacial score (nSPS) is 26.7. The summed E-state index contributed by atoms with van der Waals surface area (Å²) in [4.78, 5) is 56.9. The molecule has 1 saturated heterocycles. The predicted molar refractivity (Wildman–Crippen MR) is 81.3 cm³/mol. The average Bonchev–Trinajstić information content (AvgIpc) is 2.51. The van der Waals surface area contributed by atoms with Crippen molar-refractivity contribution in [3.05, 3.63) is 0 Å². The minimum Gasteiger partial charge on any atom is -0.456 e. The Kier molecular flexibility index (Phi) is 7.94. The standard InChI is InChI=1S/C15H18F3NO10/c1-5(20)25-10-9(19-14(24)15(16,17)18)12(27-7(3)22)29-13(28-8(4)23)11(10)26-6(2)21/h9-13H,1-4H3,(H,19,24)/t9-,10-,11+,12-,13+/m1/s1. The van der Waals surface area contributed by atoms with E-state index in [9.17, 15) is 37.1 Å². The average molecular weight is 429 g/mol. The summed E-state index contributed by atoms with van der Waals surface area (Å²) in [5, 5.41) is 1.47. The quantitative estimate of drug-likeness (QED) is 0.457. The molecule has 0 aliphatic carbocycles. The lowest BCUT2D eigenvalue weighted by Gasteiger charge is -2.43. The van der Waals surface area contributed by atoms with E-state index in [0.717, 1.165) is 27.7 Å². The molecule has 1 aliphatic rings. The number of rotatable bonds is 5. The van der Waals surface area contributed by atoms with Gasteiger partial charge in [0.1, 0.15) is 6.04 Å². The third-order valence-corrected chi connectivity index (χ3v) is 3.23. The first kappa shape index (κ1) is 24.1. The first-order chi connectivity index (χ1) is 13.2. The topological polar surface area (TPSA) is 144 Å². The van der Waals surface area contributed by atoms with Crippen molar-refractivity contribution in [2.75, 3.05) is 0 Å². The molecule has 1 fully saturated rings. The number of esters is 4. The van der Waals surface area contributed by atoms with Crippen LogP contribution in [0.5, 0.6) is 0 Å². The van der Waals surface area contributed by atoms with Crippen LogP contribution in [0, 0.1) is 0 Å². The van der Waals surface area contributed by atoms with Gasteiger partial charge in [-0.15, -0.1) is 0 Å². The number of hydrogen-bond donors (Lipinski definition) is 1. The summed E-state index contributed by atoms with van der Waals surface area (Å²) in [5.41, 5.74) is 0. The Balaban J connectivity index is 3.41. The van der Waals surface area contributed by atoms with E-state index >= 15 is 0 Å². The van der Waals surface area contributed by atoms with E-state index in [4.69, 9.17) is 23.7 Å². The highest BCUT2D eigenvalue weighted by Crippen LogP contribution is 2.29. The summed E-state index contributed by atoms with van der Waals surface area (Å²) in [7, 11) is 0. The number of nitrogens with one attached hydrogen (secondary N) is 1. The van der Waals surface area contributed by atoms with Gasteiger partial charge >= 0.3 is 36.0 Å². The molecule has 0 aromatic carbocycles. The molecule has 14 heteroatoms. The Hall–Kier alpha value is -2.90. The van der Waals surface area contributed by atoms with Crippen LogP contribution in [0.4, 0.5) is 13.2 Å². The fourth-order valence-corrected chi connectivity index (χ4v) is 2.36. The summed E-state index contributed by atoms with van der Waals surface area (Å²) in [6, 6.07) is -1.96. The maximum absolute atomic E-state index is 12.7. The van der Waals surface area contributed by atoms with E-state index < -0.39 is 66.8 Å². The number of halogens is 3. The molecule has 1 rings (SSSR count). The van der Waals surface area contributed by atoms with Crippen molar-refractivity contribution in [1.82, 2.24) is 5.32 Å². The molecule has 1 heterocycles. The molecule has 0 bridgehead atoms. The summed E-state index contributed by atoms with van der Waals surface area (Å²) in [5.74, 6) is -6.54. The van der Waals surface area contributed by atoms with Gasteiger partial charge in [0, 0.05) is 27.7 Å². The van der Waals surface area contributed by atoms with Gasteiger partial charge in [-0.3, -0.25) is 28.7 Å². The summed E-state index contributed by atoms with van der Waals surface area (Å²) in [6.45, 7) is 3.61.